The molecule has 0 spiro atoms. The Labute approximate surface area is 119 Å². The van der Waals surface area contributed by atoms with Crippen molar-refractivity contribution in [2.45, 2.75) is 58.0 Å². The lowest BCUT2D eigenvalue weighted by molar-refractivity contribution is 0.164. The summed E-state index contributed by atoms with van der Waals surface area (Å²) in [5, 5.41) is 0. The summed E-state index contributed by atoms with van der Waals surface area (Å²) in [4.78, 5) is 12.3. The normalized spacial score (nSPS) is 16.5. The van der Waals surface area contributed by atoms with Gasteiger partial charge in [-0.2, -0.15) is 9.97 Å². The molecule has 3 N–H and O–H groups in total. The lowest BCUT2D eigenvalue weighted by atomic mass is 10.2. The number of nitrogens with zero attached hydrogens (tertiary/aromatic N) is 3. The fourth-order valence-corrected chi connectivity index (χ4v) is 2.22. The van der Waals surface area contributed by atoms with Gasteiger partial charge < -0.3 is 9.47 Å². The van der Waals surface area contributed by atoms with E-state index in [2.05, 4.69) is 20.4 Å². The molecule has 0 aliphatic heterocycles. The van der Waals surface area contributed by atoms with Crippen LogP contribution in [0.1, 0.15) is 51.9 Å². The van der Waals surface area contributed by atoms with Gasteiger partial charge in [0.25, 0.3) is 0 Å². The minimum Gasteiger partial charge on any atom is -0.463 e. The first-order valence-electron chi connectivity index (χ1n) is 7.34. The average Bonchev–Trinajstić information content (AvgIpc) is 2.73. The zero-order valence-corrected chi connectivity index (χ0v) is 12.0. The molecule has 0 amide bonds. The predicted octanol–water partition coefficient (Wildman–Crippen LogP) is 2.05. The van der Waals surface area contributed by atoms with E-state index in [0.29, 0.717) is 6.61 Å². The highest BCUT2D eigenvalue weighted by Gasteiger charge is 2.16. The maximum atomic E-state index is 5.86. The SMILES string of the molecule is CCCOc1nc(NN)nc(OC2CCCCCC2)n1. The maximum absolute atomic E-state index is 5.86. The number of aromatic nitrogens is 3. The molecule has 1 heterocycles. The van der Waals surface area contributed by atoms with Crippen molar-refractivity contribution in [1.82, 2.24) is 15.0 Å². The molecule has 1 fully saturated rings. The van der Waals surface area contributed by atoms with Crippen LogP contribution >= 0.6 is 0 Å². The first-order valence-corrected chi connectivity index (χ1v) is 7.34. The maximum Gasteiger partial charge on any atom is 0.324 e. The van der Waals surface area contributed by atoms with Gasteiger partial charge in [-0.25, -0.2) is 5.84 Å². The Morgan fingerprint density at radius 1 is 1.10 bits per heavy atom. The quantitative estimate of drug-likeness (QED) is 0.468. The molecular formula is C13H23N5O2. The van der Waals surface area contributed by atoms with Crippen molar-refractivity contribution >= 4 is 5.95 Å². The van der Waals surface area contributed by atoms with Crippen molar-refractivity contribution in [3.8, 4) is 12.0 Å². The Kier molecular flexibility index (Phi) is 5.79. The van der Waals surface area contributed by atoms with Crippen LogP contribution < -0.4 is 20.7 Å². The van der Waals surface area contributed by atoms with E-state index < -0.39 is 0 Å². The second-order valence-corrected chi connectivity index (χ2v) is 4.95. The molecule has 2 rings (SSSR count). The van der Waals surface area contributed by atoms with Gasteiger partial charge in [0.15, 0.2) is 0 Å². The van der Waals surface area contributed by atoms with Crippen molar-refractivity contribution in [3.05, 3.63) is 0 Å². The summed E-state index contributed by atoms with van der Waals surface area (Å²) in [5.74, 6) is 5.62. The second kappa shape index (κ2) is 7.84. The fourth-order valence-electron chi connectivity index (χ4n) is 2.22. The molecule has 112 valence electrons. The first-order chi connectivity index (χ1) is 9.81. The lowest BCUT2D eigenvalue weighted by Gasteiger charge is -2.15. The highest BCUT2D eigenvalue weighted by molar-refractivity contribution is 5.25. The average molecular weight is 281 g/mol. The Hall–Kier alpha value is -1.63. The molecular weight excluding hydrogens is 258 g/mol. The highest BCUT2D eigenvalue weighted by Crippen LogP contribution is 2.22. The van der Waals surface area contributed by atoms with Crippen LogP contribution in [0.15, 0.2) is 0 Å². The third-order valence-corrected chi connectivity index (χ3v) is 3.23. The van der Waals surface area contributed by atoms with Crippen LogP contribution in [0.2, 0.25) is 0 Å². The van der Waals surface area contributed by atoms with Crippen molar-refractivity contribution < 1.29 is 9.47 Å². The minimum absolute atomic E-state index is 0.171. The van der Waals surface area contributed by atoms with Crippen molar-refractivity contribution in [2.75, 3.05) is 12.0 Å². The third-order valence-electron chi connectivity index (χ3n) is 3.23. The summed E-state index contributed by atoms with van der Waals surface area (Å²) >= 11 is 0. The van der Waals surface area contributed by atoms with Crippen molar-refractivity contribution in [2.24, 2.45) is 5.84 Å². The third kappa shape index (κ3) is 4.48. The molecule has 0 saturated heterocycles. The van der Waals surface area contributed by atoms with E-state index in [0.717, 1.165) is 19.3 Å². The van der Waals surface area contributed by atoms with E-state index in [1.165, 1.54) is 25.7 Å². The fraction of sp³-hybridized carbons (Fsp3) is 0.769. The second-order valence-electron chi connectivity index (χ2n) is 4.95. The molecule has 1 aromatic heterocycles. The lowest BCUT2D eigenvalue weighted by Crippen LogP contribution is -2.19. The molecule has 1 aromatic rings. The van der Waals surface area contributed by atoms with Crippen LogP contribution in [-0.4, -0.2) is 27.7 Å². The molecule has 0 aromatic carbocycles. The van der Waals surface area contributed by atoms with Crippen molar-refractivity contribution in [3.63, 3.8) is 0 Å². The van der Waals surface area contributed by atoms with Gasteiger partial charge in [-0.15, -0.1) is 4.98 Å². The summed E-state index contributed by atoms with van der Waals surface area (Å²) in [6.07, 6.45) is 8.08. The van der Waals surface area contributed by atoms with Crippen LogP contribution in [-0.2, 0) is 0 Å². The van der Waals surface area contributed by atoms with E-state index in [1.54, 1.807) is 0 Å². The smallest absolute Gasteiger partial charge is 0.324 e. The Balaban J connectivity index is 2.04. The molecule has 7 heteroatoms. The zero-order valence-electron chi connectivity index (χ0n) is 12.0. The van der Waals surface area contributed by atoms with E-state index in [4.69, 9.17) is 15.3 Å². The standard InChI is InChI=1S/C13H23N5O2/c1-2-9-19-12-15-11(18-14)16-13(17-12)20-10-7-5-3-4-6-8-10/h10H,2-9,14H2,1H3,(H,15,16,17,18). The Morgan fingerprint density at radius 3 is 2.45 bits per heavy atom. The number of hydrogen-bond donors (Lipinski definition) is 2. The van der Waals surface area contributed by atoms with Gasteiger partial charge in [0.1, 0.15) is 6.10 Å². The number of ether oxygens (including phenoxy) is 2. The van der Waals surface area contributed by atoms with Crippen LogP contribution in [0.5, 0.6) is 12.0 Å². The number of nitrogens with one attached hydrogen (secondary N) is 1. The van der Waals surface area contributed by atoms with E-state index >= 15 is 0 Å². The molecule has 1 aliphatic carbocycles. The highest BCUT2D eigenvalue weighted by atomic mass is 16.5. The first kappa shape index (κ1) is 14.8. The molecule has 1 aliphatic rings. The summed E-state index contributed by atoms with van der Waals surface area (Å²) in [6.45, 7) is 2.57. The number of rotatable bonds is 6. The van der Waals surface area contributed by atoms with E-state index in [1.807, 2.05) is 6.92 Å². The topological polar surface area (TPSA) is 95.2 Å². The molecule has 1 saturated carbocycles. The van der Waals surface area contributed by atoms with Gasteiger partial charge in [0, 0.05) is 0 Å². The Bertz CT molecular complexity index is 408. The van der Waals surface area contributed by atoms with Gasteiger partial charge in [0.05, 0.1) is 6.61 Å². The Morgan fingerprint density at radius 2 is 1.80 bits per heavy atom. The van der Waals surface area contributed by atoms with Gasteiger partial charge in [-0.1, -0.05) is 19.8 Å². The molecule has 0 unspecified atom stereocenters. The predicted molar refractivity (Wildman–Crippen MR) is 75.5 cm³/mol. The summed E-state index contributed by atoms with van der Waals surface area (Å²) in [7, 11) is 0. The number of anilines is 1. The summed E-state index contributed by atoms with van der Waals surface area (Å²) in [6, 6.07) is 0.532. The van der Waals surface area contributed by atoms with Crippen molar-refractivity contribution in [1.29, 1.82) is 0 Å². The molecule has 0 bridgehead atoms. The zero-order chi connectivity index (χ0) is 14.2. The van der Waals surface area contributed by atoms with Crippen LogP contribution in [0.4, 0.5) is 5.95 Å². The molecule has 0 radical (unpaired) electrons. The van der Waals surface area contributed by atoms with Crippen LogP contribution in [0.25, 0.3) is 0 Å². The number of nitrogen functional groups attached to an aromatic ring is 1. The molecule has 7 nitrogen and oxygen atoms in total. The van der Waals surface area contributed by atoms with Gasteiger partial charge in [0.2, 0.25) is 5.95 Å². The minimum atomic E-state index is 0.171. The summed E-state index contributed by atoms with van der Waals surface area (Å²) in [5.41, 5.74) is 2.41. The van der Waals surface area contributed by atoms with Crippen LogP contribution in [0.3, 0.4) is 0 Å². The molecule has 20 heavy (non-hydrogen) atoms. The van der Waals surface area contributed by atoms with Gasteiger partial charge in [-0.3, -0.25) is 5.43 Å². The number of hydrogen-bond acceptors (Lipinski definition) is 7. The van der Waals surface area contributed by atoms with E-state index in [-0.39, 0.29) is 24.1 Å². The largest absolute Gasteiger partial charge is 0.463 e. The van der Waals surface area contributed by atoms with E-state index in [9.17, 15) is 0 Å². The van der Waals surface area contributed by atoms with Crippen LogP contribution in [0, 0.1) is 0 Å². The van der Waals surface area contributed by atoms with Gasteiger partial charge >= 0.3 is 12.0 Å². The van der Waals surface area contributed by atoms with Gasteiger partial charge in [-0.05, 0) is 32.1 Å². The summed E-state index contributed by atoms with van der Waals surface area (Å²) < 4.78 is 11.3. The molecule has 0 atom stereocenters. The monoisotopic (exact) mass is 281 g/mol. The number of nitrogens with two attached hydrogens (primary N) is 1. The number of hydrazine groups is 1.